The standard InChI is InChI=1S/C18H21FN2O3S/c1-2-3-12-20-18(22)15-6-10-17(11-7-15)25(23,24)21-13-14-4-8-16(19)9-5-14/h4-11,21H,2-3,12-13H2,1H3,(H,20,22). The second-order valence-corrected chi connectivity index (χ2v) is 7.35. The van der Waals surface area contributed by atoms with E-state index in [0.29, 0.717) is 17.7 Å². The van der Waals surface area contributed by atoms with E-state index in [1.54, 1.807) is 0 Å². The van der Waals surface area contributed by atoms with Crippen LogP contribution in [-0.2, 0) is 16.6 Å². The molecule has 0 spiro atoms. The van der Waals surface area contributed by atoms with Gasteiger partial charge >= 0.3 is 0 Å². The van der Waals surface area contributed by atoms with Crippen LogP contribution in [0.2, 0.25) is 0 Å². The number of rotatable bonds is 8. The lowest BCUT2D eigenvalue weighted by Crippen LogP contribution is -2.25. The van der Waals surface area contributed by atoms with Gasteiger partial charge in [0.25, 0.3) is 5.91 Å². The summed E-state index contributed by atoms with van der Waals surface area (Å²) >= 11 is 0. The number of carbonyl (C=O) groups is 1. The maximum atomic E-state index is 12.9. The zero-order valence-electron chi connectivity index (χ0n) is 14.0. The largest absolute Gasteiger partial charge is 0.352 e. The highest BCUT2D eigenvalue weighted by Gasteiger charge is 2.14. The summed E-state index contributed by atoms with van der Waals surface area (Å²) in [5.41, 5.74) is 1.06. The fourth-order valence-corrected chi connectivity index (χ4v) is 3.15. The quantitative estimate of drug-likeness (QED) is 0.707. The molecule has 1 amide bonds. The number of carbonyl (C=O) groups excluding carboxylic acids is 1. The number of halogens is 1. The van der Waals surface area contributed by atoms with Crippen molar-refractivity contribution in [3.63, 3.8) is 0 Å². The van der Waals surface area contributed by atoms with Crippen LogP contribution in [0.1, 0.15) is 35.7 Å². The zero-order valence-corrected chi connectivity index (χ0v) is 14.8. The van der Waals surface area contributed by atoms with Crippen molar-refractivity contribution in [3.05, 3.63) is 65.5 Å². The Labute approximate surface area is 147 Å². The Morgan fingerprint density at radius 1 is 1.04 bits per heavy atom. The van der Waals surface area contributed by atoms with Gasteiger partial charge in [0.05, 0.1) is 4.90 Å². The molecule has 0 aromatic heterocycles. The van der Waals surface area contributed by atoms with Gasteiger partial charge in [-0.1, -0.05) is 25.5 Å². The molecule has 2 aromatic rings. The van der Waals surface area contributed by atoms with Crippen LogP contribution in [0.4, 0.5) is 4.39 Å². The minimum atomic E-state index is -3.71. The van der Waals surface area contributed by atoms with E-state index in [2.05, 4.69) is 10.0 Å². The summed E-state index contributed by atoms with van der Waals surface area (Å²) in [6, 6.07) is 11.3. The maximum Gasteiger partial charge on any atom is 0.251 e. The van der Waals surface area contributed by atoms with Gasteiger partial charge in [-0.15, -0.1) is 0 Å². The summed E-state index contributed by atoms with van der Waals surface area (Å²) < 4.78 is 39.9. The number of unbranched alkanes of at least 4 members (excludes halogenated alkanes) is 1. The SMILES string of the molecule is CCCCNC(=O)c1ccc(S(=O)(=O)NCc2ccc(F)cc2)cc1. The highest BCUT2D eigenvalue weighted by Crippen LogP contribution is 2.12. The Morgan fingerprint density at radius 3 is 2.28 bits per heavy atom. The lowest BCUT2D eigenvalue weighted by molar-refractivity contribution is 0.0953. The Bertz CT molecular complexity index is 803. The Hall–Kier alpha value is -2.25. The molecule has 0 radical (unpaired) electrons. The van der Waals surface area contributed by atoms with E-state index in [1.165, 1.54) is 48.5 Å². The molecular weight excluding hydrogens is 343 g/mol. The van der Waals surface area contributed by atoms with Crippen molar-refractivity contribution in [2.45, 2.75) is 31.2 Å². The Morgan fingerprint density at radius 2 is 1.68 bits per heavy atom. The second kappa shape index (κ2) is 8.73. The number of benzene rings is 2. The fourth-order valence-electron chi connectivity index (χ4n) is 2.13. The molecule has 0 heterocycles. The molecule has 0 bridgehead atoms. The molecule has 0 aliphatic heterocycles. The maximum absolute atomic E-state index is 12.9. The van der Waals surface area contributed by atoms with Crippen LogP contribution in [0.25, 0.3) is 0 Å². The highest BCUT2D eigenvalue weighted by atomic mass is 32.2. The first-order valence-electron chi connectivity index (χ1n) is 8.05. The van der Waals surface area contributed by atoms with E-state index < -0.39 is 10.0 Å². The van der Waals surface area contributed by atoms with E-state index in [-0.39, 0.29) is 23.2 Å². The molecule has 134 valence electrons. The monoisotopic (exact) mass is 364 g/mol. The van der Waals surface area contributed by atoms with Crippen LogP contribution in [0.15, 0.2) is 53.4 Å². The van der Waals surface area contributed by atoms with Gasteiger partial charge in [0.2, 0.25) is 10.0 Å². The van der Waals surface area contributed by atoms with E-state index in [0.717, 1.165) is 12.8 Å². The summed E-state index contributed by atoms with van der Waals surface area (Å²) in [7, 11) is -3.71. The number of amides is 1. The van der Waals surface area contributed by atoms with Crippen LogP contribution in [-0.4, -0.2) is 20.9 Å². The molecule has 0 fully saturated rings. The summed E-state index contributed by atoms with van der Waals surface area (Å²) in [4.78, 5) is 12.0. The molecule has 2 rings (SSSR count). The van der Waals surface area contributed by atoms with Gasteiger partial charge in [-0.05, 0) is 48.4 Å². The average molecular weight is 364 g/mol. The van der Waals surface area contributed by atoms with Crippen molar-refractivity contribution in [2.75, 3.05) is 6.54 Å². The van der Waals surface area contributed by atoms with Crippen LogP contribution in [0.5, 0.6) is 0 Å². The van der Waals surface area contributed by atoms with E-state index in [9.17, 15) is 17.6 Å². The van der Waals surface area contributed by atoms with E-state index >= 15 is 0 Å². The molecule has 25 heavy (non-hydrogen) atoms. The number of hydrogen-bond acceptors (Lipinski definition) is 3. The number of hydrogen-bond donors (Lipinski definition) is 2. The summed E-state index contributed by atoms with van der Waals surface area (Å²) in [6.07, 6.45) is 1.88. The van der Waals surface area contributed by atoms with Crippen molar-refractivity contribution < 1.29 is 17.6 Å². The van der Waals surface area contributed by atoms with E-state index in [1.807, 2.05) is 6.92 Å². The first-order chi connectivity index (χ1) is 11.9. The minimum absolute atomic E-state index is 0.0574. The highest BCUT2D eigenvalue weighted by molar-refractivity contribution is 7.89. The molecule has 0 unspecified atom stereocenters. The topological polar surface area (TPSA) is 75.3 Å². The molecule has 2 N–H and O–H groups in total. The summed E-state index contributed by atoms with van der Waals surface area (Å²) in [5, 5.41) is 2.77. The molecule has 0 saturated carbocycles. The van der Waals surface area contributed by atoms with Gasteiger partial charge in [0, 0.05) is 18.7 Å². The van der Waals surface area contributed by atoms with Crippen LogP contribution >= 0.6 is 0 Å². The van der Waals surface area contributed by atoms with Gasteiger partial charge in [-0.2, -0.15) is 0 Å². The molecular formula is C18H21FN2O3S. The molecule has 5 nitrogen and oxygen atoms in total. The molecule has 7 heteroatoms. The molecule has 0 saturated heterocycles. The van der Waals surface area contributed by atoms with Crippen LogP contribution < -0.4 is 10.0 Å². The molecule has 0 aliphatic carbocycles. The van der Waals surface area contributed by atoms with Crippen molar-refractivity contribution >= 4 is 15.9 Å². The molecule has 0 atom stereocenters. The third-order valence-corrected chi connectivity index (χ3v) is 5.04. The summed E-state index contributed by atoms with van der Waals surface area (Å²) in [5.74, 6) is -0.601. The van der Waals surface area contributed by atoms with Gasteiger partial charge in [0.1, 0.15) is 5.82 Å². The first-order valence-corrected chi connectivity index (χ1v) is 9.53. The Balaban J connectivity index is 1.99. The fraction of sp³-hybridized carbons (Fsp3) is 0.278. The second-order valence-electron chi connectivity index (χ2n) is 5.58. The van der Waals surface area contributed by atoms with Gasteiger partial charge in [-0.3, -0.25) is 4.79 Å². The van der Waals surface area contributed by atoms with Gasteiger partial charge < -0.3 is 5.32 Å². The first kappa shape index (κ1) is 19.1. The van der Waals surface area contributed by atoms with Crippen molar-refractivity contribution in [3.8, 4) is 0 Å². The number of nitrogens with one attached hydrogen (secondary N) is 2. The molecule has 0 aliphatic rings. The van der Waals surface area contributed by atoms with Gasteiger partial charge in [-0.25, -0.2) is 17.5 Å². The van der Waals surface area contributed by atoms with Crippen molar-refractivity contribution in [1.82, 2.24) is 10.0 Å². The number of sulfonamides is 1. The summed E-state index contributed by atoms with van der Waals surface area (Å²) in [6.45, 7) is 2.68. The third kappa shape index (κ3) is 5.65. The van der Waals surface area contributed by atoms with Crippen LogP contribution in [0, 0.1) is 5.82 Å². The zero-order chi connectivity index (χ0) is 18.3. The van der Waals surface area contributed by atoms with Crippen molar-refractivity contribution in [2.24, 2.45) is 0 Å². The smallest absolute Gasteiger partial charge is 0.251 e. The Kier molecular flexibility index (Phi) is 6.66. The molecule has 2 aromatic carbocycles. The lowest BCUT2D eigenvalue weighted by atomic mass is 10.2. The van der Waals surface area contributed by atoms with Crippen molar-refractivity contribution in [1.29, 1.82) is 0 Å². The van der Waals surface area contributed by atoms with Gasteiger partial charge in [0.15, 0.2) is 0 Å². The predicted octanol–water partition coefficient (Wildman–Crippen LogP) is 2.83. The van der Waals surface area contributed by atoms with E-state index in [4.69, 9.17) is 0 Å². The predicted molar refractivity (Wildman–Crippen MR) is 94.1 cm³/mol. The normalized spacial score (nSPS) is 11.3. The van der Waals surface area contributed by atoms with Crippen LogP contribution in [0.3, 0.4) is 0 Å². The average Bonchev–Trinajstić information content (AvgIpc) is 2.61. The lowest BCUT2D eigenvalue weighted by Gasteiger charge is -2.08. The third-order valence-electron chi connectivity index (χ3n) is 3.62. The minimum Gasteiger partial charge on any atom is -0.352 e.